The number of nitrogens with one attached hydrogen (secondary N) is 2. The molecule has 0 bridgehead atoms. The maximum Gasteiger partial charge on any atom is 0.252 e. The molecule has 0 saturated heterocycles. The molecule has 0 aliphatic heterocycles. The molecule has 1 amide bonds. The molecule has 3 rings (SSSR count). The minimum atomic E-state index is -3.52. The van der Waals surface area contributed by atoms with Crippen molar-refractivity contribution >= 4 is 33.3 Å². The van der Waals surface area contributed by atoms with Crippen LogP contribution in [-0.2, 0) is 22.3 Å². The Morgan fingerprint density at radius 2 is 1.42 bits per heavy atom. The molecule has 0 radical (unpaired) electrons. The smallest absolute Gasteiger partial charge is 0.252 e. The molecule has 0 aromatic heterocycles. The van der Waals surface area contributed by atoms with E-state index in [2.05, 4.69) is 10.0 Å². The van der Waals surface area contributed by atoms with Gasteiger partial charge in [-0.2, -0.15) is 0 Å². The Morgan fingerprint density at radius 3 is 2.06 bits per heavy atom. The van der Waals surface area contributed by atoms with E-state index in [1.165, 1.54) is 0 Å². The van der Waals surface area contributed by atoms with E-state index in [1.54, 1.807) is 86.6 Å². The van der Waals surface area contributed by atoms with Gasteiger partial charge in [0.05, 0.1) is 11.3 Å². The van der Waals surface area contributed by atoms with Gasteiger partial charge in [0.25, 0.3) is 5.91 Å². The third kappa shape index (κ3) is 6.74. The average molecular weight is 485 g/mol. The molecule has 2 N–H and O–H groups in total. The van der Waals surface area contributed by atoms with Crippen molar-refractivity contribution in [2.24, 2.45) is 0 Å². The summed E-state index contributed by atoms with van der Waals surface area (Å²) in [7, 11) is -3.52. The van der Waals surface area contributed by atoms with Gasteiger partial charge in [-0.05, 0) is 55.3 Å². The van der Waals surface area contributed by atoms with Crippen molar-refractivity contribution in [3.63, 3.8) is 0 Å². The number of carbonyl (C=O) groups excluding carboxylic acids is 2. The van der Waals surface area contributed by atoms with Gasteiger partial charge in [-0.3, -0.25) is 9.59 Å². The largest absolute Gasteiger partial charge is 0.348 e. The summed E-state index contributed by atoms with van der Waals surface area (Å²) < 4.78 is 27.3. The summed E-state index contributed by atoms with van der Waals surface area (Å²) in [4.78, 5) is 25.9. The maximum atomic E-state index is 13.0. The van der Waals surface area contributed by atoms with E-state index in [0.29, 0.717) is 21.7 Å². The average Bonchev–Trinajstić information content (AvgIpc) is 2.77. The maximum absolute atomic E-state index is 13.0. The number of halogens is 1. The first-order chi connectivity index (χ1) is 15.7. The lowest BCUT2D eigenvalue weighted by atomic mass is 9.98. The molecule has 0 aliphatic rings. The van der Waals surface area contributed by atoms with Gasteiger partial charge in [0, 0.05) is 28.7 Å². The zero-order valence-electron chi connectivity index (χ0n) is 18.3. The van der Waals surface area contributed by atoms with Crippen LogP contribution in [0.15, 0.2) is 72.8 Å². The molecule has 8 heteroatoms. The van der Waals surface area contributed by atoms with Gasteiger partial charge in [0.1, 0.15) is 0 Å². The molecule has 172 valence electrons. The summed E-state index contributed by atoms with van der Waals surface area (Å²) in [6.45, 7) is 3.63. The molecule has 3 aromatic carbocycles. The van der Waals surface area contributed by atoms with Crippen LogP contribution in [0.2, 0.25) is 5.02 Å². The van der Waals surface area contributed by atoms with Crippen molar-refractivity contribution in [1.29, 1.82) is 0 Å². The van der Waals surface area contributed by atoms with E-state index in [0.717, 1.165) is 0 Å². The number of sulfonamides is 1. The van der Waals surface area contributed by atoms with Gasteiger partial charge in [-0.1, -0.05) is 54.1 Å². The molecular formula is C25H25ClN2O4S. The van der Waals surface area contributed by atoms with Crippen molar-refractivity contribution in [2.45, 2.75) is 32.2 Å². The highest BCUT2D eigenvalue weighted by Crippen LogP contribution is 2.18. The molecular weight excluding hydrogens is 460 g/mol. The summed E-state index contributed by atoms with van der Waals surface area (Å²) >= 11 is 5.90. The lowest BCUT2D eigenvalue weighted by Crippen LogP contribution is -2.32. The summed E-state index contributed by atoms with van der Waals surface area (Å²) in [6, 6.07) is 19.9. The van der Waals surface area contributed by atoms with Gasteiger partial charge in [-0.15, -0.1) is 0 Å². The second-order valence-corrected chi connectivity index (χ2v) is 10.1. The Labute approximate surface area is 199 Å². The molecule has 0 fully saturated rings. The fourth-order valence-corrected chi connectivity index (χ4v) is 5.00. The van der Waals surface area contributed by atoms with Crippen molar-refractivity contribution in [1.82, 2.24) is 10.0 Å². The number of hydrogen-bond donors (Lipinski definition) is 2. The van der Waals surface area contributed by atoms with E-state index < -0.39 is 15.9 Å². The Bertz CT molecular complexity index is 1260. The molecule has 33 heavy (non-hydrogen) atoms. The lowest BCUT2D eigenvalue weighted by molar-refractivity contribution is 0.0939. The van der Waals surface area contributed by atoms with Gasteiger partial charge in [0.2, 0.25) is 10.0 Å². The van der Waals surface area contributed by atoms with E-state index in [4.69, 9.17) is 11.6 Å². The molecule has 6 nitrogen and oxygen atoms in total. The first-order valence-electron chi connectivity index (χ1n) is 10.4. The van der Waals surface area contributed by atoms with Crippen LogP contribution in [0.25, 0.3) is 0 Å². The summed E-state index contributed by atoms with van der Waals surface area (Å²) in [6.07, 6.45) is 0. The van der Waals surface area contributed by atoms with E-state index in [9.17, 15) is 18.0 Å². The molecule has 0 saturated carbocycles. The van der Waals surface area contributed by atoms with Gasteiger partial charge in [0.15, 0.2) is 5.78 Å². The molecule has 0 heterocycles. The number of amides is 1. The quantitative estimate of drug-likeness (QED) is 0.442. The standard InChI is InChI=1S/C25H25ClN2O4S/c1-17(2)28-33(31,32)16-20-8-4-3-7-19(20)15-27-25(30)23-10-6-5-9-22(23)24(29)18-11-13-21(26)14-12-18/h3-14,17,28H,15-16H2,1-2H3,(H,27,30). The second kappa shape index (κ2) is 10.7. The van der Waals surface area contributed by atoms with Crippen LogP contribution in [0.5, 0.6) is 0 Å². The Kier molecular flexibility index (Phi) is 8.02. The topological polar surface area (TPSA) is 92.3 Å². The molecule has 0 unspecified atom stereocenters. The van der Waals surface area contributed by atoms with Crippen molar-refractivity contribution in [2.75, 3.05) is 0 Å². The van der Waals surface area contributed by atoms with E-state index in [-0.39, 0.29) is 35.2 Å². The normalized spacial score (nSPS) is 11.4. The molecule has 0 atom stereocenters. The van der Waals surface area contributed by atoms with E-state index in [1.807, 2.05) is 0 Å². The van der Waals surface area contributed by atoms with Gasteiger partial charge >= 0.3 is 0 Å². The minimum absolute atomic E-state index is 0.121. The lowest BCUT2D eigenvalue weighted by Gasteiger charge is -2.14. The second-order valence-electron chi connectivity index (χ2n) is 7.86. The predicted molar refractivity (Wildman–Crippen MR) is 130 cm³/mol. The van der Waals surface area contributed by atoms with Crippen molar-refractivity contribution in [3.8, 4) is 0 Å². The monoisotopic (exact) mass is 484 g/mol. The number of rotatable bonds is 9. The van der Waals surface area contributed by atoms with Crippen LogP contribution in [0.3, 0.4) is 0 Å². The number of hydrogen-bond acceptors (Lipinski definition) is 4. The molecule has 3 aromatic rings. The van der Waals surface area contributed by atoms with Crippen LogP contribution in [0.4, 0.5) is 0 Å². The number of carbonyl (C=O) groups is 2. The van der Waals surface area contributed by atoms with Crippen molar-refractivity contribution < 1.29 is 18.0 Å². The van der Waals surface area contributed by atoms with Crippen LogP contribution < -0.4 is 10.0 Å². The Morgan fingerprint density at radius 1 is 0.848 bits per heavy atom. The number of ketones is 1. The zero-order valence-corrected chi connectivity index (χ0v) is 19.9. The van der Waals surface area contributed by atoms with Crippen LogP contribution in [0, 0.1) is 0 Å². The third-order valence-electron chi connectivity index (χ3n) is 4.84. The third-order valence-corrected chi connectivity index (χ3v) is 6.61. The summed E-state index contributed by atoms with van der Waals surface area (Å²) in [5.41, 5.74) is 2.21. The minimum Gasteiger partial charge on any atom is -0.348 e. The Balaban J connectivity index is 1.78. The van der Waals surface area contributed by atoms with Crippen LogP contribution in [-0.4, -0.2) is 26.2 Å². The SMILES string of the molecule is CC(C)NS(=O)(=O)Cc1ccccc1CNC(=O)c1ccccc1C(=O)c1ccc(Cl)cc1. The summed E-state index contributed by atoms with van der Waals surface area (Å²) in [5, 5.41) is 3.33. The van der Waals surface area contributed by atoms with Gasteiger partial charge < -0.3 is 5.32 Å². The first-order valence-corrected chi connectivity index (χ1v) is 12.4. The highest BCUT2D eigenvalue weighted by Gasteiger charge is 2.19. The fraction of sp³-hybridized carbons (Fsp3) is 0.200. The molecule has 0 aliphatic carbocycles. The van der Waals surface area contributed by atoms with E-state index >= 15 is 0 Å². The summed E-state index contributed by atoms with van der Waals surface area (Å²) in [5.74, 6) is -0.905. The molecule has 0 spiro atoms. The number of benzene rings is 3. The highest BCUT2D eigenvalue weighted by molar-refractivity contribution is 7.88. The van der Waals surface area contributed by atoms with Crippen molar-refractivity contribution in [3.05, 3.63) is 106 Å². The van der Waals surface area contributed by atoms with Gasteiger partial charge in [-0.25, -0.2) is 13.1 Å². The van der Waals surface area contributed by atoms with Crippen LogP contribution in [0.1, 0.15) is 51.3 Å². The predicted octanol–water partition coefficient (Wildman–Crippen LogP) is 4.33. The van der Waals surface area contributed by atoms with Crippen LogP contribution >= 0.6 is 11.6 Å². The fourth-order valence-electron chi connectivity index (χ4n) is 3.38. The Hall–Kier alpha value is -3.00. The highest BCUT2D eigenvalue weighted by atomic mass is 35.5. The zero-order chi connectivity index (χ0) is 24.0. The first kappa shape index (κ1) is 24.6.